The Morgan fingerprint density at radius 3 is 1.50 bits per heavy atom. The van der Waals surface area contributed by atoms with E-state index in [0.717, 1.165) is 0 Å². The summed E-state index contributed by atoms with van der Waals surface area (Å²) in [5, 5.41) is 0. The molecule has 0 saturated carbocycles. The SMILES string of the molecule is CCCCCCC=C[SiH](C)C=CCCCCCC. The van der Waals surface area contributed by atoms with Crippen molar-refractivity contribution in [1.29, 1.82) is 0 Å². The highest BCUT2D eigenvalue weighted by Gasteiger charge is 1.92. The average Bonchev–Trinajstić information content (AvgIpc) is 2.38. The van der Waals surface area contributed by atoms with Gasteiger partial charge in [-0.15, -0.1) is 0 Å². The third-order valence-corrected chi connectivity index (χ3v) is 5.09. The van der Waals surface area contributed by atoms with Crippen molar-refractivity contribution < 1.29 is 0 Å². The topological polar surface area (TPSA) is 0 Å². The van der Waals surface area contributed by atoms with Gasteiger partial charge in [0.1, 0.15) is 0 Å². The molecule has 1 heteroatoms. The molecule has 0 spiro atoms. The van der Waals surface area contributed by atoms with Gasteiger partial charge in [-0.25, -0.2) is 0 Å². The molecule has 18 heavy (non-hydrogen) atoms. The Morgan fingerprint density at radius 1 is 0.667 bits per heavy atom. The molecule has 0 amide bonds. The van der Waals surface area contributed by atoms with Crippen molar-refractivity contribution in [2.24, 2.45) is 0 Å². The van der Waals surface area contributed by atoms with E-state index in [9.17, 15) is 0 Å². The molecule has 0 aliphatic rings. The minimum atomic E-state index is -0.681. The molecule has 0 bridgehead atoms. The Kier molecular flexibility index (Phi) is 14.5. The van der Waals surface area contributed by atoms with E-state index in [1.165, 1.54) is 64.2 Å². The van der Waals surface area contributed by atoms with E-state index in [1.807, 2.05) is 0 Å². The van der Waals surface area contributed by atoms with Crippen LogP contribution < -0.4 is 0 Å². The summed E-state index contributed by atoms with van der Waals surface area (Å²) in [5.41, 5.74) is 4.99. The van der Waals surface area contributed by atoms with Crippen molar-refractivity contribution in [2.75, 3.05) is 0 Å². The van der Waals surface area contributed by atoms with E-state index in [1.54, 1.807) is 0 Å². The molecule has 0 aromatic heterocycles. The first kappa shape index (κ1) is 17.7. The maximum atomic E-state index is 2.49. The van der Waals surface area contributed by atoms with E-state index in [4.69, 9.17) is 0 Å². The molecule has 0 atom stereocenters. The van der Waals surface area contributed by atoms with E-state index in [2.05, 4.69) is 43.9 Å². The lowest BCUT2D eigenvalue weighted by molar-refractivity contribution is 0.674. The van der Waals surface area contributed by atoms with Crippen LogP contribution in [0.25, 0.3) is 0 Å². The molecule has 0 aromatic rings. The summed E-state index contributed by atoms with van der Waals surface area (Å²) in [6, 6.07) is 0. The number of hydrogen-bond acceptors (Lipinski definition) is 0. The van der Waals surface area contributed by atoms with Crippen LogP contribution in [0.2, 0.25) is 6.55 Å². The van der Waals surface area contributed by atoms with E-state index >= 15 is 0 Å². The Hall–Kier alpha value is -0.303. The zero-order valence-electron chi connectivity index (χ0n) is 13.0. The molecular formula is C17H34Si. The molecule has 106 valence electrons. The van der Waals surface area contributed by atoms with Gasteiger partial charge in [0.15, 0.2) is 0 Å². The minimum Gasteiger partial charge on any atom is -0.0977 e. The summed E-state index contributed by atoms with van der Waals surface area (Å²) in [6.07, 6.45) is 18.5. The summed E-state index contributed by atoms with van der Waals surface area (Å²) in [4.78, 5) is 0. The van der Waals surface area contributed by atoms with Gasteiger partial charge in [-0.05, 0) is 25.7 Å². The minimum absolute atomic E-state index is 0.681. The maximum absolute atomic E-state index is 2.49. The number of allylic oxidation sites excluding steroid dienone is 2. The van der Waals surface area contributed by atoms with E-state index in [-0.39, 0.29) is 0 Å². The molecule has 0 aromatic carbocycles. The van der Waals surface area contributed by atoms with Crippen LogP contribution in [0.5, 0.6) is 0 Å². The molecule has 0 aliphatic heterocycles. The molecule has 0 unspecified atom stereocenters. The van der Waals surface area contributed by atoms with Crippen molar-refractivity contribution in [3.8, 4) is 0 Å². The Bertz CT molecular complexity index is 184. The highest BCUT2D eigenvalue weighted by Crippen LogP contribution is 2.05. The van der Waals surface area contributed by atoms with Gasteiger partial charge in [-0.1, -0.05) is 82.5 Å². The van der Waals surface area contributed by atoms with Crippen LogP contribution in [0.1, 0.15) is 78.1 Å². The lowest BCUT2D eigenvalue weighted by Crippen LogP contribution is -1.97. The number of unbranched alkanes of at least 4 members (excludes halogenated alkanes) is 8. The Morgan fingerprint density at radius 2 is 1.11 bits per heavy atom. The molecule has 0 N–H and O–H groups in total. The molecule has 0 radical (unpaired) electrons. The second-order valence-electron chi connectivity index (χ2n) is 5.41. The fourth-order valence-electron chi connectivity index (χ4n) is 2.06. The summed E-state index contributed by atoms with van der Waals surface area (Å²) in [5.74, 6) is 0. The second kappa shape index (κ2) is 14.8. The van der Waals surface area contributed by atoms with Crippen molar-refractivity contribution in [1.82, 2.24) is 0 Å². The van der Waals surface area contributed by atoms with Crippen LogP contribution in [-0.2, 0) is 0 Å². The highest BCUT2D eigenvalue weighted by molar-refractivity contribution is 6.68. The maximum Gasteiger partial charge on any atom is 0.0814 e. The third-order valence-electron chi connectivity index (χ3n) is 3.33. The predicted octanol–water partition coefficient (Wildman–Crippen LogP) is 5.97. The standard InChI is InChI=1S/C17H34Si/c1-4-6-8-10-12-14-16-18(3)17-15-13-11-9-7-5-2/h14-18H,4-13H2,1-3H3. The monoisotopic (exact) mass is 266 g/mol. The highest BCUT2D eigenvalue weighted by atomic mass is 28.3. The fourth-order valence-corrected chi connectivity index (χ4v) is 3.44. The molecule has 0 saturated heterocycles. The molecule has 0 nitrogen and oxygen atoms in total. The van der Waals surface area contributed by atoms with Crippen molar-refractivity contribution in [3.63, 3.8) is 0 Å². The van der Waals surface area contributed by atoms with Crippen LogP contribution in [-0.4, -0.2) is 8.80 Å². The molecule has 0 aliphatic carbocycles. The number of hydrogen-bond donors (Lipinski definition) is 0. The molecular weight excluding hydrogens is 232 g/mol. The summed E-state index contributed by atoms with van der Waals surface area (Å²) < 4.78 is 0. The van der Waals surface area contributed by atoms with Gasteiger partial charge in [-0.2, -0.15) is 0 Å². The lowest BCUT2D eigenvalue weighted by Gasteiger charge is -1.98. The first-order valence-corrected chi connectivity index (χ1v) is 10.6. The Labute approximate surface area is 117 Å². The van der Waals surface area contributed by atoms with Crippen molar-refractivity contribution in [2.45, 2.75) is 84.6 Å². The predicted molar refractivity (Wildman–Crippen MR) is 88.8 cm³/mol. The lowest BCUT2D eigenvalue weighted by atomic mass is 10.2. The fraction of sp³-hybridized carbons (Fsp3) is 0.765. The van der Waals surface area contributed by atoms with E-state index < -0.39 is 8.80 Å². The summed E-state index contributed by atoms with van der Waals surface area (Å²) in [6.45, 7) is 6.97. The molecule has 0 fully saturated rings. The number of rotatable bonds is 12. The Balaban J connectivity index is 3.41. The van der Waals surface area contributed by atoms with Gasteiger partial charge in [-0.3, -0.25) is 0 Å². The molecule has 0 heterocycles. The quantitative estimate of drug-likeness (QED) is 0.301. The zero-order valence-corrected chi connectivity index (χ0v) is 14.1. The smallest absolute Gasteiger partial charge is 0.0814 e. The normalized spacial score (nSPS) is 13.7. The average molecular weight is 267 g/mol. The molecule has 0 rings (SSSR count). The third kappa shape index (κ3) is 13.8. The van der Waals surface area contributed by atoms with Crippen LogP contribution in [0.15, 0.2) is 23.6 Å². The summed E-state index contributed by atoms with van der Waals surface area (Å²) >= 11 is 0. The van der Waals surface area contributed by atoms with Crippen LogP contribution in [0.4, 0.5) is 0 Å². The van der Waals surface area contributed by atoms with Crippen LogP contribution in [0.3, 0.4) is 0 Å². The van der Waals surface area contributed by atoms with Crippen molar-refractivity contribution in [3.05, 3.63) is 23.6 Å². The van der Waals surface area contributed by atoms with Gasteiger partial charge >= 0.3 is 0 Å². The van der Waals surface area contributed by atoms with Gasteiger partial charge in [0.25, 0.3) is 0 Å². The van der Waals surface area contributed by atoms with E-state index in [0.29, 0.717) is 0 Å². The van der Waals surface area contributed by atoms with Crippen LogP contribution in [0, 0.1) is 0 Å². The largest absolute Gasteiger partial charge is 0.0977 e. The summed E-state index contributed by atoms with van der Waals surface area (Å²) in [7, 11) is -0.681. The first-order valence-electron chi connectivity index (χ1n) is 8.14. The van der Waals surface area contributed by atoms with Gasteiger partial charge < -0.3 is 0 Å². The van der Waals surface area contributed by atoms with Gasteiger partial charge in [0.2, 0.25) is 0 Å². The van der Waals surface area contributed by atoms with Crippen LogP contribution >= 0.6 is 0 Å². The van der Waals surface area contributed by atoms with Gasteiger partial charge in [0, 0.05) is 0 Å². The van der Waals surface area contributed by atoms with Crippen molar-refractivity contribution >= 4 is 8.80 Å². The second-order valence-corrected chi connectivity index (χ2v) is 7.90. The van der Waals surface area contributed by atoms with Gasteiger partial charge in [0.05, 0.1) is 8.80 Å². The first-order chi connectivity index (χ1) is 8.81. The zero-order chi connectivity index (χ0) is 13.5.